The van der Waals surface area contributed by atoms with Crippen molar-refractivity contribution in [3.05, 3.63) is 53.5 Å². The average Bonchev–Trinajstić information content (AvgIpc) is 3.07. The second-order valence-electron chi connectivity index (χ2n) is 7.77. The van der Waals surface area contributed by atoms with Gasteiger partial charge in [0.1, 0.15) is 24.9 Å². The van der Waals surface area contributed by atoms with Crippen LogP contribution in [-0.4, -0.2) is 45.8 Å². The molecule has 1 saturated heterocycles. The van der Waals surface area contributed by atoms with E-state index in [4.69, 9.17) is 4.74 Å². The van der Waals surface area contributed by atoms with Crippen molar-refractivity contribution in [3.8, 4) is 5.75 Å². The van der Waals surface area contributed by atoms with Crippen LogP contribution in [0.1, 0.15) is 35.7 Å². The molecule has 1 aromatic carbocycles. The predicted molar refractivity (Wildman–Crippen MR) is 109 cm³/mol. The molecule has 0 unspecified atom stereocenters. The minimum atomic E-state index is -4.46. The van der Waals surface area contributed by atoms with Crippen LogP contribution in [0.3, 0.4) is 0 Å². The number of imidazole rings is 1. The molecule has 0 aliphatic carbocycles. The number of likely N-dealkylation sites (tertiary alicyclic amines) is 1. The second kappa shape index (κ2) is 8.82. The van der Waals surface area contributed by atoms with Gasteiger partial charge in [-0.3, -0.25) is 4.90 Å². The van der Waals surface area contributed by atoms with E-state index in [0.29, 0.717) is 17.8 Å². The van der Waals surface area contributed by atoms with Gasteiger partial charge in [-0.1, -0.05) is 6.07 Å². The number of halogens is 4. The van der Waals surface area contributed by atoms with Crippen molar-refractivity contribution in [2.45, 2.75) is 31.5 Å². The minimum Gasteiger partial charge on any atom is -0.491 e. The summed E-state index contributed by atoms with van der Waals surface area (Å²) in [4.78, 5) is 11.2. The number of nitrogens with zero attached hydrogens (tertiary/aromatic N) is 4. The molecular weight excluding hydrogens is 412 g/mol. The van der Waals surface area contributed by atoms with E-state index in [0.717, 1.165) is 49.4 Å². The molecule has 1 aliphatic rings. The molecule has 4 rings (SSSR count). The van der Waals surface area contributed by atoms with Crippen LogP contribution in [-0.2, 0) is 19.8 Å². The van der Waals surface area contributed by atoms with E-state index >= 15 is 0 Å². The lowest BCUT2D eigenvalue weighted by Gasteiger charge is -2.32. The third kappa shape index (κ3) is 4.66. The summed E-state index contributed by atoms with van der Waals surface area (Å²) in [6.07, 6.45) is -1.19. The van der Waals surface area contributed by atoms with Crippen molar-refractivity contribution >= 4 is 11.2 Å². The highest BCUT2D eigenvalue weighted by molar-refractivity contribution is 5.71. The van der Waals surface area contributed by atoms with Crippen LogP contribution in [0.2, 0.25) is 0 Å². The lowest BCUT2D eigenvalue weighted by molar-refractivity contribution is -0.137. The quantitative estimate of drug-likeness (QED) is 0.525. The lowest BCUT2D eigenvalue weighted by Crippen LogP contribution is -2.33. The number of hydrogen-bond donors (Lipinski definition) is 0. The molecule has 166 valence electrons. The molecule has 3 heterocycles. The number of ether oxygens (including phenoxy) is 1. The first-order chi connectivity index (χ1) is 14.9. The molecule has 31 heavy (non-hydrogen) atoms. The van der Waals surface area contributed by atoms with Gasteiger partial charge in [-0.2, -0.15) is 13.2 Å². The molecule has 3 aromatic rings. The average molecular weight is 436 g/mol. The highest BCUT2D eigenvalue weighted by Gasteiger charge is 2.32. The van der Waals surface area contributed by atoms with Crippen molar-refractivity contribution in [1.82, 2.24) is 19.4 Å². The zero-order valence-corrected chi connectivity index (χ0v) is 17.2. The molecular formula is C22H24F4N4O. The topological polar surface area (TPSA) is 43.2 Å². The van der Waals surface area contributed by atoms with Crippen LogP contribution in [0.25, 0.3) is 11.2 Å². The van der Waals surface area contributed by atoms with E-state index in [-0.39, 0.29) is 18.3 Å². The smallest absolute Gasteiger partial charge is 0.416 e. The fraction of sp³-hybridized carbons (Fsp3) is 0.455. The Hall–Kier alpha value is -2.68. The van der Waals surface area contributed by atoms with Gasteiger partial charge in [0.25, 0.3) is 0 Å². The van der Waals surface area contributed by atoms with Crippen LogP contribution in [0.15, 0.2) is 36.5 Å². The summed E-state index contributed by atoms with van der Waals surface area (Å²) in [6, 6.07) is 7.41. The molecule has 0 bridgehead atoms. The van der Waals surface area contributed by atoms with Gasteiger partial charge in [-0.15, -0.1) is 0 Å². The van der Waals surface area contributed by atoms with Crippen LogP contribution in [0.5, 0.6) is 5.75 Å². The summed E-state index contributed by atoms with van der Waals surface area (Å²) in [5.74, 6) is 1.12. The fourth-order valence-corrected chi connectivity index (χ4v) is 4.14. The van der Waals surface area contributed by atoms with Gasteiger partial charge in [0.15, 0.2) is 5.65 Å². The maximum absolute atomic E-state index is 13.1. The van der Waals surface area contributed by atoms with Gasteiger partial charge in [0.2, 0.25) is 0 Å². The fourth-order valence-electron chi connectivity index (χ4n) is 4.14. The Balaban J connectivity index is 1.46. The number of pyridine rings is 1. The lowest BCUT2D eigenvalue weighted by atomic mass is 9.88. The summed E-state index contributed by atoms with van der Waals surface area (Å²) in [7, 11) is 1.97. The number of rotatable bonds is 6. The summed E-state index contributed by atoms with van der Waals surface area (Å²) in [5, 5.41) is 0. The monoisotopic (exact) mass is 436 g/mol. The number of fused-ring (bicyclic) bond motifs is 1. The number of alkyl halides is 4. The van der Waals surface area contributed by atoms with E-state index in [1.54, 1.807) is 6.20 Å². The summed E-state index contributed by atoms with van der Waals surface area (Å²) >= 11 is 0. The largest absolute Gasteiger partial charge is 0.491 e. The molecule has 0 saturated carbocycles. The Morgan fingerprint density at radius 1 is 1.16 bits per heavy atom. The maximum atomic E-state index is 13.1. The molecule has 0 amide bonds. The number of aromatic nitrogens is 3. The molecule has 1 aliphatic heterocycles. The van der Waals surface area contributed by atoms with E-state index < -0.39 is 18.4 Å². The SMILES string of the molecule is Cn1c(CN2CCC(c3ccc(C(F)(F)F)cc3OCCF)CC2)nc2ncccc21. The normalized spacial score (nSPS) is 16.2. The summed E-state index contributed by atoms with van der Waals surface area (Å²) in [5.41, 5.74) is 1.63. The van der Waals surface area contributed by atoms with Gasteiger partial charge >= 0.3 is 6.18 Å². The van der Waals surface area contributed by atoms with Crippen molar-refractivity contribution in [2.24, 2.45) is 7.05 Å². The van der Waals surface area contributed by atoms with Crippen LogP contribution < -0.4 is 4.74 Å². The molecule has 0 spiro atoms. The molecule has 0 radical (unpaired) electrons. The number of piperidine rings is 1. The van der Waals surface area contributed by atoms with Crippen molar-refractivity contribution in [3.63, 3.8) is 0 Å². The molecule has 0 N–H and O–H groups in total. The van der Waals surface area contributed by atoms with E-state index in [2.05, 4.69) is 14.9 Å². The Labute approximate surface area is 177 Å². The number of aryl methyl sites for hydroxylation is 1. The molecule has 1 fully saturated rings. The van der Waals surface area contributed by atoms with Crippen molar-refractivity contribution < 1.29 is 22.3 Å². The van der Waals surface area contributed by atoms with Crippen molar-refractivity contribution in [2.75, 3.05) is 26.4 Å². The summed E-state index contributed by atoms with van der Waals surface area (Å²) in [6.45, 7) is 1.24. The third-order valence-electron chi connectivity index (χ3n) is 5.82. The van der Waals surface area contributed by atoms with E-state index in [9.17, 15) is 17.6 Å². The predicted octanol–water partition coefficient (Wildman–Crippen LogP) is 4.72. The molecule has 5 nitrogen and oxygen atoms in total. The summed E-state index contributed by atoms with van der Waals surface area (Å²) < 4.78 is 59.2. The first-order valence-corrected chi connectivity index (χ1v) is 10.3. The Bertz CT molecular complexity index is 1040. The van der Waals surface area contributed by atoms with Crippen LogP contribution >= 0.6 is 0 Å². The third-order valence-corrected chi connectivity index (χ3v) is 5.82. The molecule has 2 aromatic heterocycles. The molecule has 0 atom stereocenters. The minimum absolute atomic E-state index is 0.0651. The van der Waals surface area contributed by atoms with Gasteiger partial charge in [0, 0.05) is 13.2 Å². The Kier molecular flexibility index (Phi) is 6.13. The van der Waals surface area contributed by atoms with E-state index in [1.807, 2.05) is 23.7 Å². The zero-order valence-electron chi connectivity index (χ0n) is 17.2. The highest BCUT2D eigenvalue weighted by atomic mass is 19.4. The first-order valence-electron chi connectivity index (χ1n) is 10.3. The van der Waals surface area contributed by atoms with Gasteiger partial charge in [-0.25, -0.2) is 14.4 Å². The van der Waals surface area contributed by atoms with Crippen LogP contribution in [0.4, 0.5) is 17.6 Å². The highest BCUT2D eigenvalue weighted by Crippen LogP contribution is 2.39. The Morgan fingerprint density at radius 2 is 1.94 bits per heavy atom. The van der Waals surface area contributed by atoms with Gasteiger partial charge in [0.05, 0.1) is 17.6 Å². The Morgan fingerprint density at radius 3 is 2.61 bits per heavy atom. The van der Waals surface area contributed by atoms with E-state index in [1.165, 1.54) is 6.07 Å². The number of hydrogen-bond acceptors (Lipinski definition) is 4. The molecule has 9 heteroatoms. The standard InChI is InChI=1S/C22H24F4N4O/c1-29-18-3-2-9-27-21(18)28-20(29)14-30-10-6-15(7-11-30)17-5-4-16(22(24,25)26)13-19(17)31-12-8-23/h2-5,9,13,15H,6-8,10-12,14H2,1H3. The maximum Gasteiger partial charge on any atom is 0.416 e. The van der Waals surface area contributed by atoms with Crippen LogP contribution in [0, 0.1) is 0 Å². The van der Waals surface area contributed by atoms with Crippen molar-refractivity contribution in [1.29, 1.82) is 0 Å². The number of benzene rings is 1. The zero-order chi connectivity index (χ0) is 22.0. The second-order valence-corrected chi connectivity index (χ2v) is 7.77. The van der Waals surface area contributed by atoms with Gasteiger partial charge < -0.3 is 9.30 Å². The first kappa shape index (κ1) is 21.5. The van der Waals surface area contributed by atoms with Gasteiger partial charge in [-0.05, 0) is 61.7 Å².